The smallest absolute Gasteiger partial charge is 0.336 e. The van der Waals surface area contributed by atoms with E-state index in [1.807, 2.05) is 6.92 Å². The first-order valence-corrected chi connectivity index (χ1v) is 9.20. The molecule has 0 spiro atoms. The van der Waals surface area contributed by atoms with E-state index >= 15 is 0 Å². The summed E-state index contributed by atoms with van der Waals surface area (Å²) in [6, 6.07) is 12.2. The highest BCUT2D eigenvalue weighted by atomic mass is 16.6. The van der Waals surface area contributed by atoms with E-state index in [2.05, 4.69) is 5.32 Å². The van der Waals surface area contributed by atoms with Crippen molar-refractivity contribution in [3.63, 3.8) is 0 Å². The van der Waals surface area contributed by atoms with Crippen LogP contribution < -0.4 is 15.7 Å². The van der Waals surface area contributed by atoms with Gasteiger partial charge in [0.1, 0.15) is 11.3 Å². The van der Waals surface area contributed by atoms with Gasteiger partial charge in [0.15, 0.2) is 6.61 Å². The topological polar surface area (TPSA) is 112 Å². The maximum Gasteiger partial charge on any atom is 0.336 e. The lowest BCUT2D eigenvalue weighted by Gasteiger charge is -2.09. The van der Waals surface area contributed by atoms with E-state index in [9.17, 15) is 19.7 Å². The number of nitrogens with zero attached hydrogens (tertiary/aromatic N) is 1. The van der Waals surface area contributed by atoms with Crippen LogP contribution in [-0.2, 0) is 4.79 Å². The van der Waals surface area contributed by atoms with Crippen molar-refractivity contribution in [3.05, 3.63) is 69.1 Å². The fourth-order valence-corrected chi connectivity index (χ4v) is 2.84. The van der Waals surface area contributed by atoms with Gasteiger partial charge in [0.05, 0.1) is 4.92 Å². The number of non-ortho nitro benzene ring substituents is 1. The molecule has 1 heterocycles. The van der Waals surface area contributed by atoms with E-state index in [1.165, 1.54) is 18.2 Å². The van der Waals surface area contributed by atoms with Crippen LogP contribution >= 0.6 is 0 Å². The van der Waals surface area contributed by atoms with Crippen LogP contribution in [0.4, 0.5) is 5.69 Å². The zero-order chi connectivity index (χ0) is 20.8. The molecule has 2 aromatic carbocycles. The predicted octanol–water partition coefficient (Wildman–Crippen LogP) is 3.66. The van der Waals surface area contributed by atoms with E-state index in [0.29, 0.717) is 34.4 Å². The summed E-state index contributed by atoms with van der Waals surface area (Å²) >= 11 is 0. The normalized spacial score (nSPS) is 10.7. The SMILES string of the molecule is CCCCNC(=O)COc1ccc2c(-c3ccc([N+](=O)[O-])cc3)cc(=O)oc2c1. The summed E-state index contributed by atoms with van der Waals surface area (Å²) in [6.45, 7) is 2.50. The number of amides is 1. The first-order chi connectivity index (χ1) is 14.0. The fourth-order valence-electron chi connectivity index (χ4n) is 2.84. The molecule has 1 aromatic heterocycles. The molecule has 0 aliphatic heterocycles. The van der Waals surface area contributed by atoms with Gasteiger partial charge in [0.2, 0.25) is 0 Å². The summed E-state index contributed by atoms with van der Waals surface area (Å²) in [5.41, 5.74) is 0.955. The molecule has 0 atom stereocenters. The Balaban J connectivity index is 1.84. The third kappa shape index (κ3) is 4.98. The highest BCUT2D eigenvalue weighted by molar-refractivity contribution is 5.94. The molecule has 0 aliphatic carbocycles. The standard InChI is InChI=1S/C21H20N2O6/c1-2-3-10-22-20(24)13-28-16-8-9-17-18(12-21(25)29-19(17)11-16)14-4-6-15(7-5-14)23(26)27/h4-9,11-12H,2-3,10,13H2,1H3,(H,22,24). The van der Waals surface area contributed by atoms with Gasteiger partial charge in [-0.25, -0.2) is 4.79 Å². The van der Waals surface area contributed by atoms with Gasteiger partial charge in [0.25, 0.3) is 11.6 Å². The molecular formula is C21H20N2O6. The number of fused-ring (bicyclic) bond motifs is 1. The maximum absolute atomic E-state index is 12.0. The van der Waals surface area contributed by atoms with Crippen molar-refractivity contribution < 1.29 is 18.9 Å². The van der Waals surface area contributed by atoms with Crippen molar-refractivity contribution in [1.29, 1.82) is 0 Å². The number of rotatable bonds is 8. The molecule has 3 rings (SSSR count). The molecule has 0 saturated heterocycles. The van der Waals surface area contributed by atoms with Crippen LogP contribution in [0, 0.1) is 10.1 Å². The average Bonchev–Trinajstić information content (AvgIpc) is 2.71. The van der Waals surface area contributed by atoms with Crippen molar-refractivity contribution in [3.8, 4) is 16.9 Å². The van der Waals surface area contributed by atoms with Gasteiger partial charge in [-0.1, -0.05) is 13.3 Å². The number of nitrogens with one attached hydrogen (secondary N) is 1. The van der Waals surface area contributed by atoms with Gasteiger partial charge in [-0.3, -0.25) is 14.9 Å². The minimum atomic E-state index is -0.555. The number of nitro benzene ring substituents is 1. The fraction of sp³-hybridized carbons (Fsp3) is 0.238. The van der Waals surface area contributed by atoms with E-state index in [4.69, 9.17) is 9.15 Å². The molecule has 0 saturated carbocycles. The van der Waals surface area contributed by atoms with Crippen LogP contribution in [-0.4, -0.2) is 24.0 Å². The molecule has 8 heteroatoms. The monoisotopic (exact) mass is 396 g/mol. The Morgan fingerprint density at radius 3 is 2.62 bits per heavy atom. The first-order valence-electron chi connectivity index (χ1n) is 9.20. The second-order valence-electron chi connectivity index (χ2n) is 6.43. The van der Waals surface area contributed by atoms with Crippen molar-refractivity contribution in [2.75, 3.05) is 13.2 Å². The van der Waals surface area contributed by atoms with Gasteiger partial charge < -0.3 is 14.5 Å². The Hall–Kier alpha value is -3.68. The Morgan fingerprint density at radius 2 is 1.93 bits per heavy atom. The van der Waals surface area contributed by atoms with Gasteiger partial charge in [-0.15, -0.1) is 0 Å². The molecule has 0 radical (unpaired) electrons. The third-order valence-corrected chi connectivity index (χ3v) is 4.33. The Labute approximate surface area is 166 Å². The summed E-state index contributed by atoms with van der Waals surface area (Å²) in [6.07, 6.45) is 1.89. The van der Waals surface area contributed by atoms with Crippen molar-refractivity contribution in [2.45, 2.75) is 19.8 Å². The lowest BCUT2D eigenvalue weighted by atomic mass is 10.0. The van der Waals surface area contributed by atoms with Crippen LogP contribution in [0.2, 0.25) is 0 Å². The van der Waals surface area contributed by atoms with Crippen LogP contribution in [0.15, 0.2) is 57.7 Å². The molecule has 3 aromatic rings. The Morgan fingerprint density at radius 1 is 1.17 bits per heavy atom. The molecule has 150 valence electrons. The molecule has 0 unspecified atom stereocenters. The summed E-state index contributed by atoms with van der Waals surface area (Å²) in [4.78, 5) is 34.1. The lowest BCUT2D eigenvalue weighted by Crippen LogP contribution is -2.29. The van der Waals surface area contributed by atoms with Crippen LogP contribution in [0.5, 0.6) is 5.75 Å². The number of ether oxygens (including phenoxy) is 1. The molecular weight excluding hydrogens is 376 g/mol. The van der Waals surface area contributed by atoms with E-state index < -0.39 is 10.5 Å². The van der Waals surface area contributed by atoms with Gasteiger partial charge in [-0.2, -0.15) is 0 Å². The van der Waals surface area contributed by atoms with Gasteiger partial charge >= 0.3 is 5.63 Å². The maximum atomic E-state index is 12.0. The Kier molecular flexibility index (Phi) is 6.23. The number of hydrogen-bond acceptors (Lipinski definition) is 6. The third-order valence-electron chi connectivity index (χ3n) is 4.33. The van der Waals surface area contributed by atoms with Gasteiger partial charge in [-0.05, 0) is 41.8 Å². The largest absolute Gasteiger partial charge is 0.484 e. The van der Waals surface area contributed by atoms with Gasteiger partial charge in [0, 0.05) is 36.2 Å². The van der Waals surface area contributed by atoms with Crippen LogP contribution in [0.3, 0.4) is 0 Å². The molecule has 29 heavy (non-hydrogen) atoms. The van der Waals surface area contributed by atoms with Crippen molar-refractivity contribution in [2.24, 2.45) is 0 Å². The summed E-state index contributed by atoms with van der Waals surface area (Å²) in [5.74, 6) is 0.173. The highest BCUT2D eigenvalue weighted by Gasteiger charge is 2.12. The second-order valence-corrected chi connectivity index (χ2v) is 6.43. The Bertz CT molecular complexity index is 1090. The number of carbonyl (C=O) groups is 1. The molecule has 0 aliphatic rings. The van der Waals surface area contributed by atoms with Crippen molar-refractivity contribution >= 4 is 22.6 Å². The van der Waals surface area contributed by atoms with Crippen molar-refractivity contribution in [1.82, 2.24) is 5.32 Å². The number of nitro groups is 1. The average molecular weight is 396 g/mol. The molecule has 8 nitrogen and oxygen atoms in total. The van der Waals surface area contributed by atoms with E-state index in [0.717, 1.165) is 12.8 Å². The predicted molar refractivity (Wildman–Crippen MR) is 108 cm³/mol. The lowest BCUT2D eigenvalue weighted by molar-refractivity contribution is -0.384. The second kappa shape index (κ2) is 9.01. The minimum absolute atomic E-state index is 0.0334. The summed E-state index contributed by atoms with van der Waals surface area (Å²) in [5, 5.41) is 14.2. The summed E-state index contributed by atoms with van der Waals surface area (Å²) < 4.78 is 10.8. The molecule has 0 fully saturated rings. The number of benzene rings is 2. The number of unbranched alkanes of at least 4 members (excludes halogenated alkanes) is 1. The van der Waals surface area contributed by atoms with Crippen LogP contribution in [0.1, 0.15) is 19.8 Å². The number of carbonyl (C=O) groups excluding carboxylic acids is 1. The molecule has 1 N–H and O–H groups in total. The summed E-state index contributed by atoms with van der Waals surface area (Å²) in [7, 11) is 0. The highest BCUT2D eigenvalue weighted by Crippen LogP contribution is 2.30. The van der Waals surface area contributed by atoms with Crippen LogP contribution in [0.25, 0.3) is 22.1 Å². The zero-order valence-electron chi connectivity index (χ0n) is 15.8. The first kappa shape index (κ1) is 20.1. The molecule has 0 bridgehead atoms. The zero-order valence-corrected chi connectivity index (χ0v) is 15.8. The van der Waals surface area contributed by atoms with E-state index in [-0.39, 0.29) is 18.2 Å². The molecule has 1 amide bonds. The minimum Gasteiger partial charge on any atom is -0.484 e. The van der Waals surface area contributed by atoms with E-state index in [1.54, 1.807) is 30.3 Å². The number of hydrogen-bond donors (Lipinski definition) is 1. The quantitative estimate of drug-likeness (QED) is 0.269.